The molecule has 0 aromatic rings. The average molecular weight is 162 g/mol. The first kappa shape index (κ1) is 9.42. The van der Waals surface area contributed by atoms with Gasteiger partial charge in [0.1, 0.15) is 0 Å². The summed E-state index contributed by atoms with van der Waals surface area (Å²) < 4.78 is 13.1. The van der Waals surface area contributed by atoms with Gasteiger partial charge in [-0.15, -0.1) is 0 Å². The van der Waals surface area contributed by atoms with Crippen molar-refractivity contribution in [1.29, 1.82) is 0 Å². The van der Waals surface area contributed by atoms with Crippen LogP contribution in [0.15, 0.2) is 5.11 Å². The molecule has 0 aromatic heterocycles. The summed E-state index contributed by atoms with van der Waals surface area (Å²) in [5.74, 6) is 0. The van der Waals surface area contributed by atoms with E-state index < -0.39 is 11.0 Å². The second kappa shape index (κ2) is 6.54. The van der Waals surface area contributed by atoms with Gasteiger partial charge in [-0.1, -0.05) is 5.11 Å². The fraction of sp³-hybridized carbons (Fsp3) is 1.00. The van der Waals surface area contributed by atoms with Crippen LogP contribution in [0, 0.1) is 0 Å². The van der Waals surface area contributed by atoms with Crippen LogP contribution >= 0.6 is 0 Å². The van der Waals surface area contributed by atoms with Gasteiger partial charge in [0.15, 0.2) is 0 Å². The molecule has 0 heterocycles. The molecule has 0 saturated carbocycles. The Kier molecular flexibility index (Phi) is 6.16. The van der Waals surface area contributed by atoms with Crippen LogP contribution in [-0.2, 0) is 11.0 Å². The number of nitrogens with one attached hydrogen (secondary N) is 1. The third kappa shape index (κ3) is 7.42. The Morgan fingerprint density at radius 1 is 1.80 bits per heavy atom. The summed E-state index contributed by atoms with van der Waals surface area (Å²) in [6, 6.07) is 0. The molecule has 0 bridgehead atoms. The summed E-state index contributed by atoms with van der Waals surface area (Å²) in [6.45, 7) is 1.09. The van der Waals surface area contributed by atoms with Gasteiger partial charge in [-0.25, -0.2) is 8.93 Å². The number of hydrogen-bond acceptors (Lipinski definition) is 2. The Hall–Kier alpha value is -0.580. The standard InChI is InChI=1S/C4H10N4OS/c1-10(9)7-4-2-3-6-8-5/h7H,2-4H2,1H3. The molecule has 0 fully saturated rings. The van der Waals surface area contributed by atoms with Gasteiger partial charge in [0, 0.05) is 24.3 Å². The molecular formula is C4H10N4OS. The third-order valence-electron chi connectivity index (χ3n) is 0.803. The summed E-state index contributed by atoms with van der Waals surface area (Å²) in [5, 5.41) is 3.31. The smallest absolute Gasteiger partial charge is 0.0883 e. The van der Waals surface area contributed by atoms with Gasteiger partial charge in [-0.3, -0.25) is 0 Å². The van der Waals surface area contributed by atoms with E-state index in [2.05, 4.69) is 14.7 Å². The molecule has 0 rings (SSSR count). The van der Waals surface area contributed by atoms with Crippen molar-refractivity contribution in [3.05, 3.63) is 10.4 Å². The zero-order valence-corrected chi connectivity index (χ0v) is 6.60. The maximum Gasteiger partial charge on any atom is 0.0883 e. The Bertz CT molecular complexity index is 149. The molecule has 0 radical (unpaired) electrons. The molecule has 1 unspecified atom stereocenters. The normalized spacial score (nSPS) is 12.1. The molecule has 10 heavy (non-hydrogen) atoms. The molecule has 0 saturated heterocycles. The summed E-state index contributed by atoms with van der Waals surface area (Å²) in [6.07, 6.45) is 2.29. The molecule has 1 N–H and O–H groups in total. The first-order valence-corrected chi connectivity index (χ1v) is 4.41. The van der Waals surface area contributed by atoms with Crippen molar-refractivity contribution in [2.45, 2.75) is 6.42 Å². The highest BCUT2D eigenvalue weighted by Crippen LogP contribution is 1.79. The van der Waals surface area contributed by atoms with Crippen LogP contribution in [0.2, 0.25) is 0 Å². The van der Waals surface area contributed by atoms with E-state index in [0.717, 1.165) is 6.42 Å². The predicted octanol–water partition coefficient (Wildman–Crippen LogP) is 0.570. The number of rotatable bonds is 5. The molecule has 0 aliphatic carbocycles. The first-order chi connectivity index (χ1) is 4.77. The average Bonchev–Trinajstić information content (AvgIpc) is 1.87. The van der Waals surface area contributed by atoms with Gasteiger partial charge in [0.05, 0.1) is 11.0 Å². The van der Waals surface area contributed by atoms with Crippen molar-refractivity contribution in [3.63, 3.8) is 0 Å². The Labute approximate surface area is 62.0 Å². The van der Waals surface area contributed by atoms with E-state index in [4.69, 9.17) is 5.53 Å². The Morgan fingerprint density at radius 3 is 3.00 bits per heavy atom. The van der Waals surface area contributed by atoms with Crippen molar-refractivity contribution in [2.75, 3.05) is 19.3 Å². The zero-order valence-electron chi connectivity index (χ0n) is 5.78. The van der Waals surface area contributed by atoms with Crippen LogP contribution in [0.4, 0.5) is 0 Å². The van der Waals surface area contributed by atoms with Crippen molar-refractivity contribution in [3.8, 4) is 0 Å². The topological polar surface area (TPSA) is 77.9 Å². The summed E-state index contributed by atoms with van der Waals surface area (Å²) in [5.41, 5.74) is 7.85. The van der Waals surface area contributed by atoms with E-state index in [9.17, 15) is 4.21 Å². The molecule has 0 aromatic carbocycles. The lowest BCUT2D eigenvalue weighted by Crippen LogP contribution is -2.17. The first-order valence-electron chi connectivity index (χ1n) is 2.85. The minimum Gasteiger partial charge on any atom is -0.243 e. The molecule has 1 atom stereocenters. The fourth-order valence-corrected chi connectivity index (χ4v) is 0.842. The van der Waals surface area contributed by atoms with E-state index in [-0.39, 0.29) is 0 Å². The van der Waals surface area contributed by atoms with E-state index in [1.54, 1.807) is 6.26 Å². The molecule has 58 valence electrons. The van der Waals surface area contributed by atoms with Crippen LogP contribution in [0.1, 0.15) is 6.42 Å². The Balaban J connectivity index is 3.05. The molecule has 5 nitrogen and oxygen atoms in total. The SMILES string of the molecule is CS(=O)NCCCN=[N+]=[N-]. The lowest BCUT2D eigenvalue weighted by molar-refractivity contribution is 0.672. The highest BCUT2D eigenvalue weighted by atomic mass is 32.2. The van der Waals surface area contributed by atoms with Crippen LogP contribution in [-0.4, -0.2) is 23.6 Å². The number of azide groups is 1. The van der Waals surface area contributed by atoms with Gasteiger partial charge in [0.25, 0.3) is 0 Å². The Morgan fingerprint density at radius 2 is 2.50 bits per heavy atom. The minimum atomic E-state index is -0.956. The zero-order chi connectivity index (χ0) is 7.82. The van der Waals surface area contributed by atoms with Gasteiger partial charge >= 0.3 is 0 Å². The maximum absolute atomic E-state index is 10.4. The van der Waals surface area contributed by atoms with E-state index >= 15 is 0 Å². The fourth-order valence-electron chi connectivity index (χ4n) is 0.410. The lowest BCUT2D eigenvalue weighted by Gasteiger charge is -1.95. The van der Waals surface area contributed by atoms with Crippen LogP contribution in [0.3, 0.4) is 0 Å². The van der Waals surface area contributed by atoms with Gasteiger partial charge in [-0.2, -0.15) is 0 Å². The highest BCUT2D eigenvalue weighted by Gasteiger charge is 1.86. The lowest BCUT2D eigenvalue weighted by atomic mass is 10.4. The molecule has 0 aliphatic heterocycles. The van der Waals surface area contributed by atoms with Crippen LogP contribution < -0.4 is 4.72 Å². The monoisotopic (exact) mass is 162 g/mol. The number of hydrogen-bond donors (Lipinski definition) is 1. The molecule has 0 aliphatic rings. The van der Waals surface area contributed by atoms with Crippen molar-refractivity contribution in [1.82, 2.24) is 4.72 Å². The second-order valence-corrected chi connectivity index (χ2v) is 2.85. The second-order valence-electron chi connectivity index (χ2n) is 1.66. The van der Waals surface area contributed by atoms with Gasteiger partial charge in [-0.05, 0) is 12.0 Å². The van der Waals surface area contributed by atoms with E-state index in [0.29, 0.717) is 13.1 Å². The molecule has 0 amide bonds. The van der Waals surface area contributed by atoms with Crippen LogP contribution in [0.25, 0.3) is 10.4 Å². The largest absolute Gasteiger partial charge is 0.243 e. The molecule has 0 spiro atoms. The predicted molar refractivity (Wildman–Crippen MR) is 40.7 cm³/mol. The van der Waals surface area contributed by atoms with E-state index in [1.807, 2.05) is 0 Å². The van der Waals surface area contributed by atoms with Crippen molar-refractivity contribution in [2.24, 2.45) is 5.11 Å². The van der Waals surface area contributed by atoms with E-state index in [1.165, 1.54) is 0 Å². The summed E-state index contributed by atoms with van der Waals surface area (Å²) >= 11 is 0. The highest BCUT2D eigenvalue weighted by molar-refractivity contribution is 7.82. The maximum atomic E-state index is 10.4. The van der Waals surface area contributed by atoms with Crippen LogP contribution in [0.5, 0.6) is 0 Å². The number of nitrogens with zero attached hydrogens (tertiary/aromatic N) is 3. The summed E-state index contributed by atoms with van der Waals surface area (Å²) in [4.78, 5) is 2.57. The minimum absolute atomic E-state index is 0.459. The van der Waals surface area contributed by atoms with Crippen molar-refractivity contribution < 1.29 is 4.21 Å². The van der Waals surface area contributed by atoms with Gasteiger partial charge in [0.2, 0.25) is 0 Å². The summed E-state index contributed by atoms with van der Waals surface area (Å²) in [7, 11) is -0.956. The van der Waals surface area contributed by atoms with Gasteiger partial charge < -0.3 is 0 Å². The molecular weight excluding hydrogens is 152 g/mol. The molecule has 6 heteroatoms. The quantitative estimate of drug-likeness (QED) is 0.273. The van der Waals surface area contributed by atoms with Crippen molar-refractivity contribution >= 4 is 11.0 Å². The third-order valence-corrected chi connectivity index (χ3v) is 1.41.